The zero-order valence-corrected chi connectivity index (χ0v) is 21.1. The molecule has 3 aromatic rings. The average molecular weight is 496 g/mol. The molecule has 0 amide bonds. The van der Waals surface area contributed by atoms with E-state index in [0.717, 1.165) is 5.56 Å². The van der Waals surface area contributed by atoms with Crippen LogP contribution in [0, 0.1) is 11.3 Å². The minimum atomic E-state index is -3.99. The van der Waals surface area contributed by atoms with E-state index in [1.807, 2.05) is 12.1 Å². The summed E-state index contributed by atoms with van der Waals surface area (Å²) in [7, 11) is -2.48. The van der Waals surface area contributed by atoms with Crippen molar-refractivity contribution < 1.29 is 17.9 Å². The molecule has 0 radical (unpaired) electrons. The predicted molar refractivity (Wildman–Crippen MR) is 135 cm³/mol. The van der Waals surface area contributed by atoms with E-state index in [0.29, 0.717) is 28.7 Å². The summed E-state index contributed by atoms with van der Waals surface area (Å²) in [5.41, 5.74) is 2.83. The number of benzene rings is 3. The Morgan fingerprint density at radius 2 is 1.65 bits per heavy atom. The maximum atomic E-state index is 12.9. The minimum Gasteiger partial charge on any atom is -0.493 e. The molecule has 0 fully saturated rings. The summed E-state index contributed by atoms with van der Waals surface area (Å²) >= 11 is 5.84. The van der Waals surface area contributed by atoms with E-state index in [4.69, 9.17) is 21.1 Å². The fourth-order valence-electron chi connectivity index (χ4n) is 3.22. The molecule has 3 rings (SSSR count). The molecule has 0 saturated heterocycles. The Kier molecular flexibility index (Phi) is 7.71. The second-order valence-corrected chi connectivity index (χ2v) is 11.1. The van der Waals surface area contributed by atoms with E-state index in [1.165, 1.54) is 43.0 Å². The lowest BCUT2D eigenvalue weighted by Gasteiger charge is -2.19. The van der Waals surface area contributed by atoms with Crippen LogP contribution in [-0.2, 0) is 21.9 Å². The van der Waals surface area contributed by atoms with E-state index >= 15 is 0 Å². The third kappa shape index (κ3) is 5.99. The van der Waals surface area contributed by atoms with Gasteiger partial charge in [0.05, 0.1) is 12.0 Å². The molecule has 0 aliphatic carbocycles. The standard InChI is InChI=1S/C27H26ClNO4S/c1-27(2,3)21-8-5-19(6-9-21)18-33-25-14-7-20(16-26(25)32-4)15-24(17-29)34(30,31)23-12-10-22(28)11-13-23/h5-16H,18H2,1-4H3/b24-15-. The number of rotatable bonds is 7. The molecule has 0 atom stereocenters. The number of allylic oxidation sites excluding steroid dienone is 1. The van der Waals surface area contributed by atoms with Crippen molar-refractivity contribution in [3.8, 4) is 17.6 Å². The van der Waals surface area contributed by atoms with Crippen LogP contribution in [0.5, 0.6) is 11.5 Å². The van der Waals surface area contributed by atoms with Gasteiger partial charge in [0, 0.05) is 5.02 Å². The van der Waals surface area contributed by atoms with Gasteiger partial charge in [-0.2, -0.15) is 5.26 Å². The van der Waals surface area contributed by atoms with Gasteiger partial charge in [0.25, 0.3) is 0 Å². The number of ether oxygens (including phenoxy) is 2. The fourth-order valence-corrected chi connectivity index (χ4v) is 4.50. The Morgan fingerprint density at radius 1 is 1.00 bits per heavy atom. The molecule has 34 heavy (non-hydrogen) atoms. The van der Waals surface area contributed by atoms with Gasteiger partial charge in [0.15, 0.2) is 11.5 Å². The van der Waals surface area contributed by atoms with Crippen LogP contribution in [0.4, 0.5) is 0 Å². The molecule has 3 aromatic carbocycles. The minimum absolute atomic E-state index is 0.00547. The Balaban J connectivity index is 1.82. The van der Waals surface area contributed by atoms with Crippen molar-refractivity contribution >= 4 is 27.5 Å². The molecule has 176 valence electrons. The summed E-state index contributed by atoms with van der Waals surface area (Å²) in [6.07, 6.45) is 1.31. The quantitative estimate of drug-likeness (QED) is 0.347. The smallest absolute Gasteiger partial charge is 0.216 e. The van der Waals surface area contributed by atoms with Crippen molar-refractivity contribution in [3.63, 3.8) is 0 Å². The first-order chi connectivity index (χ1) is 16.0. The Bertz CT molecular complexity index is 1330. The van der Waals surface area contributed by atoms with Crippen LogP contribution in [0.1, 0.15) is 37.5 Å². The van der Waals surface area contributed by atoms with Gasteiger partial charge in [-0.25, -0.2) is 8.42 Å². The van der Waals surface area contributed by atoms with Gasteiger partial charge in [-0.15, -0.1) is 0 Å². The summed E-state index contributed by atoms with van der Waals surface area (Å²) in [4.78, 5) is -0.390. The average Bonchev–Trinajstić information content (AvgIpc) is 2.81. The highest BCUT2D eigenvalue weighted by molar-refractivity contribution is 7.95. The SMILES string of the molecule is COc1cc(/C=C(/C#N)S(=O)(=O)c2ccc(Cl)cc2)ccc1OCc1ccc(C(C)(C)C)cc1. The van der Waals surface area contributed by atoms with Crippen LogP contribution in [0.2, 0.25) is 5.02 Å². The largest absolute Gasteiger partial charge is 0.493 e. The molecule has 0 N–H and O–H groups in total. The number of sulfone groups is 1. The van der Waals surface area contributed by atoms with Crippen molar-refractivity contribution in [3.05, 3.63) is 93.3 Å². The molecule has 0 spiro atoms. The molecule has 0 aromatic heterocycles. The third-order valence-electron chi connectivity index (χ3n) is 5.22. The maximum Gasteiger partial charge on any atom is 0.216 e. The van der Waals surface area contributed by atoms with Crippen LogP contribution >= 0.6 is 11.6 Å². The molecule has 0 aliphatic rings. The van der Waals surface area contributed by atoms with Gasteiger partial charge in [0.2, 0.25) is 9.84 Å². The highest BCUT2D eigenvalue weighted by Crippen LogP contribution is 2.31. The monoisotopic (exact) mass is 495 g/mol. The first kappa shape index (κ1) is 25.4. The van der Waals surface area contributed by atoms with Crippen LogP contribution in [0.15, 0.2) is 76.5 Å². The number of hydrogen-bond acceptors (Lipinski definition) is 5. The third-order valence-corrected chi connectivity index (χ3v) is 7.16. The number of nitrogens with zero attached hydrogens (tertiary/aromatic N) is 1. The van der Waals surface area contributed by atoms with Gasteiger partial charge in [-0.05, 0) is 64.6 Å². The molecule has 0 heterocycles. The Hall–Kier alpha value is -3.27. The van der Waals surface area contributed by atoms with Crippen molar-refractivity contribution in [2.45, 2.75) is 37.7 Å². The first-order valence-corrected chi connectivity index (χ1v) is 12.4. The lowest BCUT2D eigenvalue weighted by molar-refractivity contribution is 0.284. The van der Waals surface area contributed by atoms with Crippen LogP contribution in [0.3, 0.4) is 0 Å². The molecule has 7 heteroatoms. The zero-order valence-electron chi connectivity index (χ0n) is 19.5. The Morgan fingerprint density at radius 3 is 2.21 bits per heavy atom. The summed E-state index contributed by atoms with van der Waals surface area (Å²) in [6, 6.07) is 20.7. The second kappa shape index (κ2) is 10.3. The van der Waals surface area contributed by atoms with Gasteiger partial charge >= 0.3 is 0 Å². The van der Waals surface area contributed by atoms with Crippen molar-refractivity contribution in [1.82, 2.24) is 0 Å². The number of hydrogen-bond donors (Lipinski definition) is 0. The first-order valence-electron chi connectivity index (χ1n) is 10.6. The van der Waals surface area contributed by atoms with Gasteiger partial charge < -0.3 is 9.47 Å². The predicted octanol–water partition coefficient (Wildman–Crippen LogP) is 6.56. The molecule has 0 saturated carbocycles. The highest BCUT2D eigenvalue weighted by Gasteiger charge is 2.21. The lowest BCUT2D eigenvalue weighted by atomic mass is 9.87. The van der Waals surface area contributed by atoms with Gasteiger partial charge in [-0.3, -0.25) is 0 Å². The summed E-state index contributed by atoms with van der Waals surface area (Å²) < 4.78 is 37.1. The van der Waals surface area contributed by atoms with Gasteiger partial charge in [0.1, 0.15) is 17.6 Å². The number of methoxy groups -OCH3 is 1. The molecule has 0 aliphatic heterocycles. The van der Waals surface area contributed by atoms with E-state index in [9.17, 15) is 13.7 Å². The normalized spacial score (nSPS) is 12.2. The van der Waals surface area contributed by atoms with E-state index < -0.39 is 9.84 Å². The van der Waals surface area contributed by atoms with E-state index in [-0.39, 0.29) is 15.2 Å². The molecule has 0 bridgehead atoms. The Labute approximate surface area is 206 Å². The number of halogens is 1. The highest BCUT2D eigenvalue weighted by atomic mass is 35.5. The lowest BCUT2D eigenvalue weighted by Crippen LogP contribution is -2.10. The van der Waals surface area contributed by atoms with Crippen LogP contribution in [0.25, 0.3) is 6.08 Å². The molecular weight excluding hydrogens is 470 g/mol. The topological polar surface area (TPSA) is 76.4 Å². The second-order valence-electron chi connectivity index (χ2n) is 8.72. The van der Waals surface area contributed by atoms with E-state index in [1.54, 1.807) is 24.3 Å². The number of nitriles is 1. The van der Waals surface area contributed by atoms with Gasteiger partial charge in [-0.1, -0.05) is 62.7 Å². The van der Waals surface area contributed by atoms with Crippen LogP contribution < -0.4 is 9.47 Å². The van der Waals surface area contributed by atoms with Crippen molar-refractivity contribution in [2.24, 2.45) is 0 Å². The zero-order chi connectivity index (χ0) is 24.9. The summed E-state index contributed by atoms with van der Waals surface area (Å²) in [5, 5.41) is 9.93. The fraction of sp³-hybridized carbons (Fsp3) is 0.222. The van der Waals surface area contributed by atoms with Crippen LogP contribution in [-0.4, -0.2) is 15.5 Å². The maximum absolute atomic E-state index is 12.9. The molecule has 0 unspecified atom stereocenters. The summed E-state index contributed by atoms with van der Waals surface area (Å²) in [5.74, 6) is 0.944. The van der Waals surface area contributed by atoms with Crippen molar-refractivity contribution in [2.75, 3.05) is 7.11 Å². The van der Waals surface area contributed by atoms with E-state index in [2.05, 4.69) is 32.9 Å². The molecule has 5 nitrogen and oxygen atoms in total. The summed E-state index contributed by atoms with van der Waals surface area (Å²) in [6.45, 7) is 6.84. The van der Waals surface area contributed by atoms with Crippen molar-refractivity contribution in [1.29, 1.82) is 5.26 Å². The molecular formula is C27H26ClNO4S.